The van der Waals surface area contributed by atoms with Crippen LogP contribution in [0.1, 0.15) is 56.1 Å². The van der Waals surface area contributed by atoms with E-state index in [-0.39, 0.29) is 24.0 Å². The van der Waals surface area contributed by atoms with Gasteiger partial charge in [0.2, 0.25) is 0 Å². The van der Waals surface area contributed by atoms with E-state index in [1.165, 1.54) is 56.1 Å². The molecule has 1 aromatic carbocycles. The summed E-state index contributed by atoms with van der Waals surface area (Å²) in [6.07, 6.45) is 9.29. The fourth-order valence-corrected chi connectivity index (χ4v) is 5.40. The zero-order valence-corrected chi connectivity index (χ0v) is 21.1. The highest BCUT2D eigenvalue weighted by Crippen LogP contribution is 2.38. The van der Waals surface area contributed by atoms with Gasteiger partial charge in [-0.1, -0.05) is 43.5 Å². The predicted octanol–water partition coefficient (Wildman–Crippen LogP) is 4.26. The Hall–Kier alpha value is -0.860. The van der Waals surface area contributed by atoms with Crippen molar-refractivity contribution in [3.05, 3.63) is 35.4 Å². The molecule has 0 bridgehead atoms. The predicted molar refractivity (Wildman–Crippen MR) is 134 cm³/mol. The number of aliphatic imine (C=N–C) groups is 1. The number of ether oxygens (including phenoxy) is 1. The molecule has 0 amide bonds. The number of hydrogen-bond acceptors (Lipinski definition) is 3. The summed E-state index contributed by atoms with van der Waals surface area (Å²) in [5.74, 6) is 1.03. The van der Waals surface area contributed by atoms with Crippen LogP contribution >= 0.6 is 24.0 Å². The van der Waals surface area contributed by atoms with Gasteiger partial charge in [-0.3, -0.25) is 9.89 Å². The highest BCUT2D eigenvalue weighted by molar-refractivity contribution is 14.0. The molecule has 1 unspecified atom stereocenters. The Kier molecular flexibility index (Phi) is 8.83. The van der Waals surface area contributed by atoms with Gasteiger partial charge in [-0.2, -0.15) is 0 Å². The zero-order chi connectivity index (χ0) is 20.1. The van der Waals surface area contributed by atoms with Gasteiger partial charge in [0.15, 0.2) is 5.96 Å². The summed E-state index contributed by atoms with van der Waals surface area (Å²) in [7, 11) is 4.20. The monoisotopic (exact) mass is 526 g/mol. The first kappa shape index (κ1) is 23.8. The minimum absolute atomic E-state index is 0. The van der Waals surface area contributed by atoms with Gasteiger partial charge < -0.3 is 15.0 Å². The van der Waals surface area contributed by atoms with Crippen molar-refractivity contribution in [2.24, 2.45) is 10.4 Å². The van der Waals surface area contributed by atoms with Crippen molar-refractivity contribution in [3.63, 3.8) is 0 Å². The topological polar surface area (TPSA) is 40.1 Å². The first-order valence-corrected chi connectivity index (χ1v) is 11.5. The van der Waals surface area contributed by atoms with Crippen LogP contribution in [0, 0.1) is 5.41 Å². The fraction of sp³-hybridized carbons (Fsp3) is 0.708. The van der Waals surface area contributed by atoms with Gasteiger partial charge in [-0.25, -0.2) is 0 Å². The van der Waals surface area contributed by atoms with Gasteiger partial charge in [-0.15, -0.1) is 24.0 Å². The van der Waals surface area contributed by atoms with E-state index in [2.05, 4.69) is 51.4 Å². The maximum atomic E-state index is 5.68. The highest BCUT2D eigenvalue weighted by atomic mass is 127. The Morgan fingerprint density at radius 2 is 1.97 bits per heavy atom. The van der Waals surface area contributed by atoms with E-state index >= 15 is 0 Å². The molecular formula is C24H39IN4O. The lowest BCUT2D eigenvalue weighted by atomic mass is 9.87. The van der Waals surface area contributed by atoms with Crippen LogP contribution in [-0.2, 0) is 17.8 Å². The Bertz CT molecular complexity index is 698. The van der Waals surface area contributed by atoms with Gasteiger partial charge in [0.1, 0.15) is 0 Å². The summed E-state index contributed by atoms with van der Waals surface area (Å²) in [4.78, 5) is 9.57. The first-order chi connectivity index (χ1) is 14.2. The van der Waals surface area contributed by atoms with E-state index in [1.807, 2.05) is 7.05 Å². The number of benzene rings is 1. The van der Waals surface area contributed by atoms with Crippen LogP contribution in [0.15, 0.2) is 29.3 Å². The second-order valence-electron chi connectivity index (χ2n) is 9.35. The second-order valence-corrected chi connectivity index (χ2v) is 9.35. The van der Waals surface area contributed by atoms with Gasteiger partial charge in [-0.05, 0) is 43.9 Å². The Balaban J connectivity index is 0.00000256. The molecule has 6 heteroatoms. The maximum absolute atomic E-state index is 5.68. The van der Waals surface area contributed by atoms with E-state index in [4.69, 9.17) is 4.74 Å². The third-order valence-corrected chi connectivity index (χ3v) is 7.31. The summed E-state index contributed by atoms with van der Waals surface area (Å²) in [5.41, 5.74) is 3.18. The molecule has 2 saturated heterocycles. The quantitative estimate of drug-likeness (QED) is 0.354. The van der Waals surface area contributed by atoms with Crippen LogP contribution in [0.2, 0.25) is 0 Å². The lowest BCUT2D eigenvalue weighted by molar-refractivity contribution is 0.156. The largest absolute Gasteiger partial charge is 0.381 e. The number of nitrogens with zero attached hydrogens (tertiary/aromatic N) is 3. The van der Waals surface area contributed by atoms with E-state index in [0.29, 0.717) is 5.41 Å². The molecule has 30 heavy (non-hydrogen) atoms. The zero-order valence-electron chi connectivity index (χ0n) is 18.7. The second kappa shape index (κ2) is 11.1. The Morgan fingerprint density at radius 3 is 2.67 bits per heavy atom. The standard InChI is InChI=1S/C24H38N4O.HI/c1-25-23(28-14-12-24(18-28)13-15-29-19-24)26-16-20-8-6-7-9-21(20)17-27(2)22-10-4-3-5-11-22;/h6-9,22H,3-5,10-19H2,1-2H3,(H,25,26);1H. The van der Waals surface area contributed by atoms with Crippen molar-refractivity contribution >= 4 is 29.9 Å². The summed E-state index contributed by atoms with van der Waals surface area (Å²) in [6, 6.07) is 9.63. The van der Waals surface area contributed by atoms with E-state index in [1.54, 1.807) is 0 Å². The molecule has 1 aliphatic carbocycles. The third-order valence-electron chi connectivity index (χ3n) is 7.31. The summed E-state index contributed by atoms with van der Waals surface area (Å²) in [6.45, 7) is 5.85. The molecule has 0 aromatic heterocycles. The van der Waals surface area contributed by atoms with Crippen LogP contribution in [-0.4, -0.2) is 62.2 Å². The van der Waals surface area contributed by atoms with Crippen molar-refractivity contribution in [1.29, 1.82) is 0 Å². The SMILES string of the molecule is CN=C(NCc1ccccc1CN(C)C1CCCCC1)N1CCC2(CCOC2)C1.I. The van der Waals surface area contributed by atoms with E-state index in [0.717, 1.165) is 51.4 Å². The smallest absolute Gasteiger partial charge is 0.193 e. The number of nitrogens with one attached hydrogen (secondary N) is 1. The van der Waals surface area contributed by atoms with Gasteiger partial charge >= 0.3 is 0 Å². The first-order valence-electron chi connectivity index (χ1n) is 11.5. The number of guanidine groups is 1. The van der Waals surface area contributed by atoms with Crippen molar-refractivity contribution in [3.8, 4) is 0 Å². The molecular weight excluding hydrogens is 487 g/mol. The van der Waals surface area contributed by atoms with Crippen molar-refractivity contribution in [2.75, 3.05) is 40.4 Å². The van der Waals surface area contributed by atoms with E-state index in [9.17, 15) is 0 Å². The number of likely N-dealkylation sites (tertiary alicyclic amines) is 1. The maximum Gasteiger partial charge on any atom is 0.193 e. The van der Waals surface area contributed by atoms with Crippen molar-refractivity contribution in [2.45, 2.75) is 64.1 Å². The van der Waals surface area contributed by atoms with Crippen molar-refractivity contribution in [1.82, 2.24) is 15.1 Å². The normalized spacial score (nSPS) is 25.2. The number of hydrogen-bond donors (Lipinski definition) is 1. The molecule has 1 N–H and O–H groups in total. The van der Waals surface area contributed by atoms with Gasteiger partial charge in [0.05, 0.1) is 6.61 Å². The lowest BCUT2D eigenvalue weighted by Gasteiger charge is -2.32. The van der Waals surface area contributed by atoms with Crippen molar-refractivity contribution < 1.29 is 4.74 Å². The fourth-order valence-electron chi connectivity index (χ4n) is 5.40. The van der Waals surface area contributed by atoms with Crippen LogP contribution < -0.4 is 5.32 Å². The molecule has 168 valence electrons. The number of rotatable bonds is 5. The highest BCUT2D eigenvalue weighted by Gasteiger charge is 2.42. The average Bonchev–Trinajstić information content (AvgIpc) is 3.40. The Labute approximate surface area is 199 Å². The lowest BCUT2D eigenvalue weighted by Crippen LogP contribution is -2.41. The Morgan fingerprint density at radius 1 is 1.20 bits per heavy atom. The van der Waals surface area contributed by atoms with Crippen LogP contribution in [0.25, 0.3) is 0 Å². The van der Waals surface area contributed by atoms with Crippen LogP contribution in [0.4, 0.5) is 0 Å². The molecule has 2 heterocycles. The molecule has 0 radical (unpaired) electrons. The minimum atomic E-state index is 0. The summed E-state index contributed by atoms with van der Waals surface area (Å²) in [5, 5.41) is 3.64. The molecule has 2 aliphatic heterocycles. The molecule has 1 saturated carbocycles. The van der Waals surface area contributed by atoms with Crippen LogP contribution in [0.5, 0.6) is 0 Å². The summed E-state index contributed by atoms with van der Waals surface area (Å²) < 4.78 is 5.68. The average molecular weight is 527 g/mol. The van der Waals surface area contributed by atoms with E-state index < -0.39 is 0 Å². The van der Waals surface area contributed by atoms with Gasteiger partial charge in [0.25, 0.3) is 0 Å². The molecule has 1 atom stereocenters. The minimum Gasteiger partial charge on any atom is -0.381 e. The molecule has 4 rings (SSSR count). The van der Waals surface area contributed by atoms with Gasteiger partial charge in [0, 0.05) is 51.3 Å². The molecule has 1 aromatic rings. The van der Waals surface area contributed by atoms with Crippen LogP contribution in [0.3, 0.4) is 0 Å². The molecule has 3 fully saturated rings. The summed E-state index contributed by atoms with van der Waals surface area (Å²) >= 11 is 0. The third kappa shape index (κ3) is 5.68. The molecule has 5 nitrogen and oxygen atoms in total. The molecule has 3 aliphatic rings. The molecule has 1 spiro atoms. The number of halogens is 1.